The molecule has 1 aromatic rings. The van der Waals surface area contributed by atoms with Crippen molar-refractivity contribution in [3.05, 3.63) is 18.0 Å². The highest BCUT2D eigenvalue weighted by molar-refractivity contribution is 5.92. The van der Waals surface area contributed by atoms with E-state index < -0.39 is 5.60 Å². The summed E-state index contributed by atoms with van der Waals surface area (Å²) in [6.45, 7) is 9.64. The predicted octanol–water partition coefficient (Wildman–Crippen LogP) is 2.38. The standard InChI is InChI=1S/C18H28N4O3/c1-4-22-10-6-15(19-22)16(23)20-11-7-18(8-12-20)13-21(17(24)25-18)9-5-14(2)3/h6,10,14H,4-5,7-9,11-13H2,1-3H3. The van der Waals surface area contributed by atoms with Crippen LogP contribution in [0.25, 0.3) is 0 Å². The molecular weight excluding hydrogens is 320 g/mol. The van der Waals surface area contributed by atoms with Crippen LogP contribution in [0.3, 0.4) is 0 Å². The van der Waals surface area contributed by atoms with Crippen molar-refractivity contribution < 1.29 is 14.3 Å². The molecule has 0 unspecified atom stereocenters. The molecular formula is C18H28N4O3. The number of amides is 2. The second-order valence-corrected chi connectivity index (χ2v) is 7.50. The van der Waals surface area contributed by atoms with Crippen LogP contribution in [-0.2, 0) is 11.3 Å². The summed E-state index contributed by atoms with van der Waals surface area (Å²) in [7, 11) is 0. The van der Waals surface area contributed by atoms with E-state index in [9.17, 15) is 9.59 Å². The molecule has 0 saturated carbocycles. The van der Waals surface area contributed by atoms with Crippen molar-refractivity contribution in [1.29, 1.82) is 0 Å². The van der Waals surface area contributed by atoms with Crippen LogP contribution in [0.1, 0.15) is 50.5 Å². The highest BCUT2D eigenvalue weighted by Crippen LogP contribution is 2.33. The van der Waals surface area contributed by atoms with Crippen molar-refractivity contribution in [2.75, 3.05) is 26.2 Å². The Morgan fingerprint density at radius 1 is 1.36 bits per heavy atom. The SMILES string of the molecule is CCn1ccc(C(=O)N2CCC3(CC2)CN(CCC(C)C)C(=O)O3)n1. The maximum atomic E-state index is 12.6. The fraction of sp³-hybridized carbons (Fsp3) is 0.722. The normalized spacial score (nSPS) is 19.8. The van der Waals surface area contributed by atoms with Crippen molar-refractivity contribution >= 4 is 12.0 Å². The average Bonchev–Trinajstić information content (AvgIpc) is 3.18. The minimum Gasteiger partial charge on any atom is -0.441 e. The predicted molar refractivity (Wildman–Crippen MR) is 93.3 cm³/mol. The third-order valence-electron chi connectivity index (χ3n) is 5.16. The lowest BCUT2D eigenvalue weighted by Gasteiger charge is -2.37. The Hall–Kier alpha value is -2.05. The maximum absolute atomic E-state index is 12.6. The lowest BCUT2D eigenvalue weighted by molar-refractivity contribution is 0.00294. The first-order valence-corrected chi connectivity index (χ1v) is 9.23. The van der Waals surface area contributed by atoms with Gasteiger partial charge in [-0.2, -0.15) is 5.10 Å². The van der Waals surface area contributed by atoms with E-state index in [1.807, 2.05) is 22.9 Å². The Labute approximate surface area is 148 Å². The van der Waals surface area contributed by atoms with Gasteiger partial charge in [0.1, 0.15) is 11.3 Å². The first-order valence-electron chi connectivity index (χ1n) is 9.23. The van der Waals surface area contributed by atoms with E-state index in [4.69, 9.17) is 4.74 Å². The average molecular weight is 348 g/mol. The highest BCUT2D eigenvalue weighted by Gasteiger charge is 2.47. The Balaban J connectivity index is 1.56. The Bertz CT molecular complexity index is 632. The molecule has 0 bridgehead atoms. The van der Waals surface area contributed by atoms with Crippen LogP contribution in [0.2, 0.25) is 0 Å². The molecule has 0 aromatic carbocycles. The number of rotatable bonds is 5. The molecule has 0 radical (unpaired) electrons. The van der Waals surface area contributed by atoms with Crippen LogP contribution in [0, 0.1) is 5.92 Å². The molecule has 1 spiro atoms. The van der Waals surface area contributed by atoms with Gasteiger partial charge in [0, 0.05) is 45.2 Å². The molecule has 0 aliphatic carbocycles. The third-order valence-corrected chi connectivity index (χ3v) is 5.16. The van der Waals surface area contributed by atoms with Gasteiger partial charge in [0.25, 0.3) is 5.91 Å². The number of aromatic nitrogens is 2. The van der Waals surface area contributed by atoms with E-state index in [1.165, 1.54) is 0 Å². The number of carbonyl (C=O) groups is 2. The van der Waals surface area contributed by atoms with Crippen LogP contribution in [-0.4, -0.2) is 63.4 Å². The monoisotopic (exact) mass is 348 g/mol. The van der Waals surface area contributed by atoms with Crippen LogP contribution >= 0.6 is 0 Å². The first-order chi connectivity index (χ1) is 11.9. The van der Waals surface area contributed by atoms with Gasteiger partial charge in [-0.25, -0.2) is 4.79 Å². The number of likely N-dealkylation sites (tertiary alicyclic amines) is 1. The van der Waals surface area contributed by atoms with Crippen molar-refractivity contribution in [3.63, 3.8) is 0 Å². The molecule has 2 amide bonds. The van der Waals surface area contributed by atoms with Gasteiger partial charge >= 0.3 is 6.09 Å². The maximum Gasteiger partial charge on any atom is 0.410 e. The van der Waals surface area contributed by atoms with Crippen molar-refractivity contribution in [3.8, 4) is 0 Å². The van der Waals surface area contributed by atoms with E-state index in [0.717, 1.165) is 19.5 Å². The van der Waals surface area contributed by atoms with Crippen molar-refractivity contribution in [1.82, 2.24) is 19.6 Å². The van der Waals surface area contributed by atoms with Gasteiger partial charge in [0.05, 0.1) is 6.54 Å². The smallest absolute Gasteiger partial charge is 0.410 e. The highest BCUT2D eigenvalue weighted by atomic mass is 16.6. The first kappa shape index (κ1) is 17.8. The zero-order valence-corrected chi connectivity index (χ0v) is 15.4. The molecule has 0 N–H and O–H groups in total. The largest absolute Gasteiger partial charge is 0.441 e. The summed E-state index contributed by atoms with van der Waals surface area (Å²) in [4.78, 5) is 28.4. The van der Waals surface area contributed by atoms with Crippen LogP contribution in [0.15, 0.2) is 12.3 Å². The molecule has 7 heteroatoms. The van der Waals surface area contributed by atoms with E-state index in [2.05, 4.69) is 18.9 Å². The fourth-order valence-corrected chi connectivity index (χ4v) is 3.47. The van der Waals surface area contributed by atoms with E-state index in [-0.39, 0.29) is 12.0 Å². The van der Waals surface area contributed by atoms with Crippen molar-refractivity contribution in [2.24, 2.45) is 5.92 Å². The molecule has 0 atom stereocenters. The molecule has 1 aromatic heterocycles. The molecule has 3 rings (SSSR count). The number of ether oxygens (including phenoxy) is 1. The number of carbonyl (C=O) groups excluding carboxylic acids is 2. The number of aryl methyl sites for hydroxylation is 1. The van der Waals surface area contributed by atoms with E-state index in [0.29, 0.717) is 44.1 Å². The summed E-state index contributed by atoms with van der Waals surface area (Å²) in [6, 6.07) is 1.76. The number of hydrogen-bond donors (Lipinski definition) is 0. The Kier molecular flexibility index (Phi) is 5.01. The van der Waals surface area contributed by atoms with E-state index >= 15 is 0 Å². The van der Waals surface area contributed by atoms with Gasteiger partial charge in [-0.1, -0.05) is 13.8 Å². The molecule has 2 aliphatic rings. The molecule has 3 heterocycles. The summed E-state index contributed by atoms with van der Waals surface area (Å²) in [6.07, 6.45) is 3.98. The number of hydrogen-bond acceptors (Lipinski definition) is 4. The quantitative estimate of drug-likeness (QED) is 0.819. The molecule has 7 nitrogen and oxygen atoms in total. The topological polar surface area (TPSA) is 67.7 Å². The Morgan fingerprint density at radius 3 is 2.68 bits per heavy atom. The second-order valence-electron chi connectivity index (χ2n) is 7.50. The van der Waals surface area contributed by atoms with Gasteiger partial charge < -0.3 is 14.5 Å². The molecule has 25 heavy (non-hydrogen) atoms. The van der Waals surface area contributed by atoms with Crippen LogP contribution < -0.4 is 0 Å². The third kappa shape index (κ3) is 3.80. The molecule has 138 valence electrons. The van der Waals surface area contributed by atoms with E-state index in [1.54, 1.807) is 10.7 Å². The minimum absolute atomic E-state index is 0.0389. The van der Waals surface area contributed by atoms with Crippen LogP contribution in [0.5, 0.6) is 0 Å². The minimum atomic E-state index is -0.423. The number of piperidine rings is 1. The van der Waals surface area contributed by atoms with Gasteiger partial charge in [0.15, 0.2) is 0 Å². The summed E-state index contributed by atoms with van der Waals surface area (Å²) in [5.74, 6) is 0.523. The second kappa shape index (κ2) is 7.06. The van der Waals surface area contributed by atoms with Crippen LogP contribution in [0.4, 0.5) is 4.79 Å². The van der Waals surface area contributed by atoms with Gasteiger partial charge in [-0.15, -0.1) is 0 Å². The lowest BCUT2D eigenvalue weighted by Crippen LogP contribution is -2.48. The lowest BCUT2D eigenvalue weighted by atomic mass is 9.91. The summed E-state index contributed by atoms with van der Waals surface area (Å²) in [5, 5.41) is 4.29. The zero-order valence-electron chi connectivity index (χ0n) is 15.4. The fourth-order valence-electron chi connectivity index (χ4n) is 3.47. The van der Waals surface area contributed by atoms with Gasteiger partial charge in [-0.05, 0) is 25.3 Å². The summed E-state index contributed by atoms with van der Waals surface area (Å²) >= 11 is 0. The Morgan fingerprint density at radius 2 is 2.08 bits per heavy atom. The van der Waals surface area contributed by atoms with Gasteiger partial charge in [-0.3, -0.25) is 9.48 Å². The number of nitrogens with zero attached hydrogens (tertiary/aromatic N) is 4. The van der Waals surface area contributed by atoms with Gasteiger partial charge in [0.2, 0.25) is 0 Å². The van der Waals surface area contributed by atoms with Crippen molar-refractivity contribution in [2.45, 2.75) is 52.2 Å². The molecule has 2 aliphatic heterocycles. The summed E-state index contributed by atoms with van der Waals surface area (Å²) in [5.41, 5.74) is 0.0629. The summed E-state index contributed by atoms with van der Waals surface area (Å²) < 4.78 is 7.47. The molecule has 2 fully saturated rings. The zero-order chi connectivity index (χ0) is 18.0. The molecule has 2 saturated heterocycles.